The summed E-state index contributed by atoms with van der Waals surface area (Å²) in [6.07, 6.45) is 2.25. The molecule has 23 heavy (non-hydrogen) atoms. The van der Waals surface area contributed by atoms with Gasteiger partial charge in [-0.15, -0.1) is 23.5 Å². The fourth-order valence-electron chi connectivity index (χ4n) is 2.21. The van der Waals surface area contributed by atoms with Crippen molar-refractivity contribution in [2.75, 3.05) is 23.5 Å². The highest BCUT2D eigenvalue weighted by molar-refractivity contribution is 8.00. The lowest BCUT2D eigenvalue weighted by Crippen LogP contribution is -2.36. The third-order valence-corrected chi connectivity index (χ3v) is 6.88. The molecule has 1 amide bonds. The minimum absolute atomic E-state index is 0.00992. The van der Waals surface area contributed by atoms with Crippen LogP contribution in [-0.2, 0) is 14.6 Å². The van der Waals surface area contributed by atoms with Crippen LogP contribution in [0.15, 0.2) is 28.0 Å². The fourth-order valence-corrected chi connectivity index (χ4v) is 5.13. The van der Waals surface area contributed by atoms with E-state index in [0.29, 0.717) is 11.3 Å². The van der Waals surface area contributed by atoms with E-state index in [0.717, 1.165) is 16.7 Å². The SMILES string of the molecule is CSc1ccc(SCC(=O)NC2CCS(=O)(=O)C2)c([N+](=O)[O-])c1. The number of carbonyl (C=O) groups is 1. The monoisotopic (exact) mass is 376 g/mol. The van der Waals surface area contributed by atoms with E-state index in [4.69, 9.17) is 0 Å². The molecule has 1 unspecified atom stereocenters. The predicted molar refractivity (Wildman–Crippen MR) is 90.8 cm³/mol. The van der Waals surface area contributed by atoms with Crippen LogP contribution >= 0.6 is 23.5 Å². The maximum absolute atomic E-state index is 11.9. The summed E-state index contributed by atoms with van der Waals surface area (Å²) < 4.78 is 22.7. The first kappa shape index (κ1) is 18.1. The van der Waals surface area contributed by atoms with Crippen LogP contribution < -0.4 is 5.32 Å². The van der Waals surface area contributed by atoms with Gasteiger partial charge in [0.2, 0.25) is 5.91 Å². The first-order chi connectivity index (χ1) is 10.8. The summed E-state index contributed by atoms with van der Waals surface area (Å²) in [6, 6.07) is 4.51. The highest BCUT2D eigenvalue weighted by atomic mass is 32.2. The number of nitrogens with zero attached hydrogens (tertiary/aromatic N) is 1. The summed E-state index contributed by atoms with van der Waals surface area (Å²) >= 11 is 2.48. The smallest absolute Gasteiger partial charge is 0.284 e. The van der Waals surface area contributed by atoms with Crippen LogP contribution in [0.5, 0.6) is 0 Å². The second kappa shape index (κ2) is 7.54. The third kappa shape index (κ3) is 5.11. The molecular weight excluding hydrogens is 360 g/mol. The molecule has 1 fully saturated rings. The Balaban J connectivity index is 1.95. The van der Waals surface area contributed by atoms with Crippen molar-refractivity contribution < 1.29 is 18.1 Å². The number of carbonyl (C=O) groups excluding carboxylic acids is 1. The van der Waals surface area contributed by atoms with Gasteiger partial charge in [0.05, 0.1) is 27.1 Å². The summed E-state index contributed by atoms with van der Waals surface area (Å²) in [5, 5.41) is 13.8. The molecular formula is C13H16N2O5S3. The Morgan fingerprint density at radius 3 is 2.78 bits per heavy atom. The van der Waals surface area contributed by atoms with E-state index in [9.17, 15) is 23.3 Å². The van der Waals surface area contributed by atoms with Crippen LogP contribution in [0, 0.1) is 10.1 Å². The van der Waals surface area contributed by atoms with Gasteiger partial charge in [0.25, 0.3) is 5.69 Å². The molecule has 1 aromatic rings. The van der Waals surface area contributed by atoms with Crippen LogP contribution in [0.2, 0.25) is 0 Å². The van der Waals surface area contributed by atoms with E-state index in [2.05, 4.69) is 5.32 Å². The van der Waals surface area contributed by atoms with Gasteiger partial charge < -0.3 is 5.32 Å². The standard InChI is InChI=1S/C13H16N2O5S3/c1-21-10-2-3-12(11(6-10)15(17)18)22-7-13(16)14-9-4-5-23(19,20)8-9/h2-3,6,9H,4-5,7-8H2,1H3,(H,14,16). The third-order valence-electron chi connectivity index (χ3n) is 3.32. The van der Waals surface area contributed by atoms with E-state index in [-0.39, 0.29) is 34.9 Å². The van der Waals surface area contributed by atoms with Gasteiger partial charge in [-0.05, 0) is 24.8 Å². The number of sulfone groups is 1. The number of nitrogens with one attached hydrogen (secondary N) is 1. The molecule has 0 spiro atoms. The lowest BCUT2D eigenvalue weighted by molar-refractivity contribution is -0.387. The van der Waals surface area contributed by atoms with Crippen LogP contribution in [0.25, 0.3) is 0 Å². The highest BCUT2D eigenvalue weighted by Crippen LogP contribution is 2.32. The predicted octanol–water partition coefficient (Wildman–Crippen LogP) is 1.71. The van der Waals surface area contributed by atoms with Crippen LogP contribution in [0.3, 0.4) is 0 Å². The second-order valence-electron chi connectivity index (χ2n) is 5.05. The van der Waals surface area contributed by atoms with Gasteiger partial charge in [0, 0.05) is 17.0 Å². The number of benzene rings is 1. The second-order valence-corrected chi connectivity index (χ2v) is 9.17. The van der Waals surface area contributed by atoms with Crippen molar-refractivity contribution in [2.45, 2.75) is 22.3 Å². The molecule has 1 aromatic carbocycles. The molecule has 0 radical (unpaired) electrons. The van der Waals surface area contributed by atoms with Crippen molar-refractivity contribution in [3.63, 3.8) is 0 Å². The van der Waals surface area contributed by atoms with Crippen molar-refractivity contribution in [2.24, 2.45) is 0 Å². The quantitative estimate of drug-likeness (QED) is 0.457. The number of nitro benzene ring substituents is 1. The number of hydrogen-bond donors (Lipinski definition) is 1. The number of hydrogen-bond acceptors (Lipinski definition) is 7. The first-order valence-electron chi connectivity index (χ1n) is 6.76. The fraction of sp³-hybridized carbons (Fsp3) is 0.462. The lowest BCUT2D eigenvalue weighted by Gasteiger charge is -2.10. The molecule has 0 saturated carbocycles. The Hall–Kier alpha value is -1.26. The number of nitro groups is 1. The molecule has 7 nitrogen and oxygen atoms in total. The molecule has 1 aliphatic rings. The molecule has 1 N–H and O–H groups in total. The highest BCUT2D eigenvalue weighted by Gasteiger charge is 2.29. The zero-order valence-corrected chi connectivity index (χ0v) is 14.8. The van der Waals surface area contributed by atoms with E-state index in [1.165, 1.54) is 17.8 Å². The molecule has 2 rings (SSSR count). The van der Waals surface area contributed by atoms with E-state index in [1.54, 1.807) is 12.1 Å². The zero-order chi connectivity index (χ0) is 17.0. The van der Waals surface area contributed by atoms with Gasteiger partial charge in [-0.2, -0.15) is 0 Å². The van der Waals surface area contributed by atoms with Crippen LogP contribution in [0.4, 0.5) is 5.69 Å². The van der Waals surface area contributed by atoms with Crippen molar-refractivity contribution in [3.05, 3.63) is 28.3 Å². The molecule has 126 valence electrons. The Labute approximate surface area is 142 Å². The Bertz CT molecular complexity index is 720. The van der Waals surface area contributed by atoms with Crippen molar-refractivity contribution in [1.29, 1.82) is 0 Å². The van der Waals surface area contributed by atoms with E-state index < -0.39 is 14.8 Å². The maximum atomic E-state index is 11.9. The molecule has 0 aromatic heterocycles. The summed E-state index contributed by atoms with van der Waals surface area (Å²) in [5.41, 5.74) is -0.0295. The topological polar surface area (TPSA) is 106 Å². The van der Waals surface area contributed by atoms with Crippen molar-refractivity contribution >= 4 is 45.0 Å². The van der Waals surface area contributed by atoms with Gasteiger partial charge >= 0.3 is 0 Å². The normalized spacial score (nSPS) is 19.4. The zero-order valence-electron chi connectivity index (χ0n) is 12.4. The van der Waals surface area contributed by atoms with Crippen molar-refractivity contribution in [3.8, 4) is 0 Å². The Morgan fingerprint density at radius 2 is 2.22 bits per heavy atom. The van der Waals surface area contributed by atoms with Crippen LogP contribution in [0.1, 0.15) is 6.42 Å². The molecule has 0 aliphatic carbocycles. The van der Waals surface area contributed by atoms with Gasteiger partial charge in [0.1, 0.15) is 0 Å². The molecule has 10 heteroatoms. The number of rotatable bonds is 6. The summed E-state index contributed by atoms with van der Waals surface area (Å²) in [7, 11) is -3.05. The number of thioether (sulfide) groups is 2. The van der Waals surface area contributed by atoms with Crippen LogP contribution in [-0.4, -0.2) is 48.8 Å². The average molecular weight is 376 g/mol. The average Bonchev–Trinajstić information content (AvgIpc) is 2.83. The lowest BCUT2D eigenvalue weighted by atomic mass is 10.3. The number of amides is 1. The molecule has 1 aliphatic heterocycles. The summed E-state index contributed by atoms with van der Waals surface area (Å²) in [4.78, 5) is 23.7. The van der Waals surface area contributed by atoms with Gasteiger partial charge in [0.15, 0.2) is 9.84 Å². The molecule has 0 bridgehead atoms. The van der Waals surface area contributed by atoms with Gasteiger partial charge in [-0.25, -0.2) is 8.42 Å². The molecule has 1 atom stereocenters. The first-order valence-corrected chi connectivity index (χ1v) is 10.8. The minimum atomic E-state index is -3.05. The largest absolute Gasteiger partial charge is 0.352 e. The minimum Gasteiger partial charge on any atom is -0.352 e. The Kier molecular flexibility index (Phi) is 5.93. The van der Waals surface area contributed by atoms with Gasteiger partial charge in [-0.3, -0.25) is 14.9 Å². The summed E-state index contributed by atoms with van der Waals surface area (Å²) in [5.74, 6) is -0.255. The van der Waals surface area contributed by atoms with Gasteiger partial charge in [-0.1, -0.05) is 0 Å². The molecule has 1 saturated heterocycles. The maximum Gasteiger partial charge on any atom is 0.284 e. The van der Waals surface area contributed by atoms with Crippen molar-refractivity contribution in [1.82, 2.24) is 5.32 Å². The Morgan fingerprint density at radius 1 is 1.48 bits per heavy atom. The summed E-state index contributed by atoms with van der Waals surface area (Å²) in [6.45, 7) is 0. The van der Waals surface area contributed by atoms with E-state index in [1.807, 2.05) is 6.26 Å². The molecule has 1 heterocycles. The van der Waals surface area contributed by atoms with E-state index >= 15 is 0 Å².